The van der Waals surface area contributed by atoms with E-state index in [-0.39, 0.29) is 17.6 Å². The molecule has 1 amide bonds. The summed E-state index contributed by atoms with van der Waals surface area (Å²) in [4.78, 5) is 16.1. The molecular weight excluding hydrogens is 268 g/mol. The van der Waals surface area contributed by atoms with Crippen LogP contribution in [-0.2, 0) is 16.1 Å². The fourth-order valence-electron chi connectivity index (χ4n) is 3.40. The fraction of sp³-hybridized carbons (Fsp3) is 0.688. The van der Waals surface area contributed by atoms with Crippen LogP contribution in [0.5, 0.6) is 0 Å². The van der Waals surface area contributed by atoms with Crippen LogP contribution in [0, 0.1) is 0 Å². The van der Waals surface area contributed by atoms with Crippen LogP contribution in [0.1, 0.15) is 31.2 Å². The van der Waals surface area contributed by atoms with E-state index < -0.39 is 0 Å². The molecule has 5 heteroatoms. The van der Waals surface area contributed by atoms with E-state index in [1.807, 2.05) is 12.3 Å². The Bertz CT molecular complexity index is 476. The number of rotatable bonds is 3. The van der Waals surface area contributed by atoms with E-state index in [9.17, 15) is 4.79 Å². The van der Waals surface area contributed by atoms with Crippen molar-refractivity contribution in [2.24, 2.45) is 0 Å². The zero-order valence-corrected chi connectivity index (χ0v) is 12.9. The van der Waals surface area contributed by atoms with E-state index in [2.05, 4.69) is 4.90 Å². The first-order valence-corrected chi connectivity index (χ1v) is 7.70. The molecule has 1 spiro atoms. The quantitative estimate of drug-likeness (QED) is 0.853. The van der Waals surface area contributed by atoms with Crippen LogP contribution in [0.2, 0.25) is 0 Å². The molecule has 3 rings (SSSR count). The van der Waals surface area contributed by atoms with E-state index in [0.29, 0.717) is 0 Å². The van der Waals surface area contributed by atoms with Crippen LogP contribution in [0.15, 0.2) is 23.0 Å². The van der Waals surface area contributed by atoms with Gasteiger partial charge in [-0.1, -0.05) is 0 Å². The number of ether oxygens (including phenoxy) is 1. The topological polar surface area (TPSA) is 45.9 Å². The third-order valence-corrected chi connectivity index (χ3v) is 4.72. The van der Waals surface area contributed by atoms with Gasteiger partial charge in [-0.15, -0.1) is 0 Å². The van der Waals surface area contributed by atoms with E-state index in [0.717, 1.165) is 45.3 Å². The number of carbonyl (C=O) groups excluding carboxylic acids is 1. The molecule has 5 nitrogen and oxygen atoms in total. The van der Waals surface area contributed by atoms with Crippen LogP contribution >= 0.6 is 0 Å². The van der Waals surface area contributed by atoms with Crippen molar-refractivity contribution in [2.45, 2.75) is 43.9 Å². The number of piperidine rings is 1. The summed E-state index contributed by atoms with van der Waals surface area (Å²) >= 11 is 0. The maximum Gasteiger partial charge on any atom is 0.251 e. The van der Waals surface area contributed by atoms with Crippen molar-refractivity contribution in [3.05, 3.63) is 24.2 Å². The van der Waals surface area contributed by atoms with Gasteiger partial charge in [0.15, 0.2) is 0 Å². The number of hydrogen-bond acceptors (Lipinski definition) is 4. The third kappa shape index (κ3) is 3.14. The van der Waals surface area contributed by atoms with E-state index >= 15 is 0 Å². The Balaban J connectivity index is 1.52. The molecule has 0 aliphatic carbocycles. The van der Waals surface area contributed by atoms with Gasteiger partial charge in [0.1, 0.15) is 6.10 Å². The highest BCUT2D eigenvalue weighted by Crippen LogP contribution is 2.39. The molecule has 2 saturated heterocycles. The molecule has 1 aromatic rings. The Kier molecular flexibility index (Phi) is 4.04. The lowest BCUT2D eigenvalue weighted by Crippen LogP contribution is -2.45. The van der Waals surface area contributed by atoms with Crippen LogP contribution in [0.4, 0.5) is 0 Å². The Morgan fingerprint density at radius 1 is 1.38 bits per heavy atom. The molecule has 0 saturated carbocycles. The number of nitrogens with zero attached hydrogens (tertiary/aromatic N) is 2. The second kappa shape index (κ2) is 5.81. The summed E-state index contributed by atoms with van der Waals surface area (Å²) in [5.41, 5.74) is 1.16. The van der Waals surface area contributed by atoms with Crippen molar-refractivity contribution < 1.29 is 13.9 Å². The Hall–Kier alpha value is -1.33. The molecule has 0 radical (unpaired) electrons. The molecule has 2 fully saturated rings. The first-order chi connectivity index (χ1) is 10.1. The van der Waals surface area contributed by atoms with Gasteiger partial charge in [0.05, 0.1) is 18.1 Å². The molecule has 2 aliphatic heterocycles. The summed E-state index contributed by atoms with van der Waals surface area (Å²) in [5, 5.41) is 0. The molecule has 0 aromatic carbocycles. The minimum Gasteiger partial charge on any atom is -0.472 e. The summed E-state index contributed by atoms with van der Waals surface area (Å²) in [7, 11) is 3.59. The predicted molar refractivity (Wildman–Crippen MR) is 78.8 cm³/mol. The van der Waals surface area contributed by atoms with Crippen LogP contribution < -0.4 is 0 Å². The van der Waals surface area contributed by atoms with Crippen molar-refractivity contribution >= 4 is 5.91 Å². The lowest BCUT2D eigenvalue weighted by atomic mass is 9.88. The minimum atomic E-state index is -0.236. The number of hydrogen-bond donors (Lipinski definition) is 0. The maximum atomic E-state index is 12.0. The predicted octanol–water partition coefficient (Wildman–Crippen LogP) is 1.88. The molecule has 3 heterocycles. The molecule has 1 aromatic heterocycles. The van der Waals surface area contributed by atoms with Crippen LogP contribution in [0.3, 0.4) is 0 Å². The third-order valence-electron chi connectivity index (χ3n) is 4.72. The van der Waals surface area contributed by atoms with Gasteiger partial charge in [0.2, 0.25) is 0 Å². The average molecular weight is 292 g/mol. The van der Waals surface area contributed by atoms with Gasteiger partial charge in [-0.3, -0.25) is 9.69 Å². The zero-order valence-electron chi connectivity index (χ0n) is 12.9. The Labute approximate surface area is 125 Å². The molecule has 0 bridgehead atoms. The van der Waals surface area contributed by atoms with Crippen molar-refractivity contribution in [1.29, 1.82) is 0 Å². The number of likely N-dealkylation sites (N-methyl/N-ethyl adjacent to an activating group) is 1. The highest BCUT2D eigenvalue weighted by molar-refractivity contribution is 5.80. The first-order valence-electron chi connectivity index (χ1n) is 7.70. The molecule has 1 atom stereocenters. The molecule has 0 N–H and O–H groups in total. The second-order valence-electron chi connectivity index (χ2n) is 6.47. The van der Waals surface area contributed by atoms with Gasteiger partial charge in [-0.2, -0.15) is 0 Å². The van der Waals surface area contributed by atoms with Gasteiger partial charge in [-0.05, 0) is 31.7 Å². The lowest BCUT2D eigenvalue weighted by Gasteiger charge is -2.39. The number of amides is 1. The summed E-state index contributed by atoms with van der Waals surface area (Å²) in [6.45, 7) is 2.98. The largest absolute Gasteiger partial charge is 0.472 e. The number of furan rings is 1. The van der Waals surface area contributed by atoms with Gasteiger partial charge in [-0.25, -0.2) is 0 Å². The van der Waals surface area contributed by atoms with E-state index in [1.165, 1.54) is 5.56 Å². The van der Waals surface area contributed by atoms with Crippen molar-refractivity contribution in [2.75, 3.05) is 27.2 Å². The Morgan fingerprint density at radius 2 is 2.14 bits per heavy atom. The highest BCUT2D eigenvalue weighted by atomic mass is 16.5. The van der Waals surface area contributed by atoms with E-state index in [1.54, 1.807) is 25.3 Å². The SMILES string of the molecule is CN(C)C(=O)C1CCC2(CCN(Cc3ccoc3)CC2)O1. The number of carbonyl (C=O) groups is 1. The van der Waals surface area contributed by atoms with Crippen molar-refractivity contribution in [3.8, 4) is 0 Å². The number of likely N-dealkylation sites (tertiary alicyclic amines) is 1. The lowest BCUT2D eigenvalue weighted by molar-refractivity contribution is -0.148. The maximum absolute atomic E-state index is 12.0. The van der Waals surface area contributed by atoms with E-state index in [4.69, 9.17) is 9.15 Å². The first kappa shape index (κ1) is 14.6. The summed E-state index contributed by atoms with van der Waals surface area (Å²) < 4.78 is 11.3. The fourth-order valence-corrected chi connectivity index (χ4v) is 3.40. The van der Waals surface area contributed by atoms with Gasteiger partial charge >= 0.3 is 0 Å². The minimum absolute atomic E-state index is 0.0662. The highest BCUT2D eigenvalue weighted by Gasteiger charge is 2.44. The standard InChI is InChI=1S/C16H24N2O3/c1-17(2)15(19)14-3-5-16(21-14)6-8-18(9-7-16)11-13-4-10-20-12-13/h4,10,12,14H,3,5-9,11H2,1-2H3. The molecular formula is C16H24N2O3. The summed E-state index contributed by atoms with van der Waals surface area (Å²) in [5.74, 6) is 0.104. The molecule has 2 aliphatic rings. The van der Waals surface area contributed by atoms with Crippen molar-refractivity contribution in [1.82, 2.24) is 9.80 Å². The molecule has 116 valence electrons. The smallest absolute Gasteiger partial charge is 0.251 e. The second-order valence-corrected chi connectivity index (χ2v) is 6.47. The zero-order chi connectivity index (χ0) is 14.9. The van der Waals surface area contributed by atoms with Crippen LogP contribution in [0.25, 0.3) is 0 Å². The van der Waals surface area contributed by atoms with Gasteiger partial charge in [0, 0.05) is 39.3 Å². The Morgan fingerprint density at radius 3 is 2.76 bits per heavy atom. The normalized spacial score (nSPS) is 25.3. The average Bonchev–Trinajstić information content (AvgIpc) is 3.11. The van der Waals surface area contributed by atoms with Gasteiger partial charge in [0.25, 0.3) is 5.91 Å². The van der Waals surface area contributed by atoms with Crippen LogP contribution in [-0.4, -0.2) is 54.6 Å². The van der Waals surface area contributed by atoms with Gasteiger partial charge < -0.3 is 14.1 Å². The summed E-state index contributed by atoms with van der Waals surface area (Å²) in [6.07, 6.45) is 7.20. The summed E-state index contributed by atoms with van der Waals surface area (Å²) in [6, 6.07) is 2.02. The monoisotopic (exact) mass is 292 g/mol. The molecule has 1 unspecified atom stereocenters. The molecule has 21 heavy (non-hydrogen) atoms. The van der Waals surface area contributed by atoms with Crippen molar-refractivity contribution in [3.63, 3.8) is 0 Å².